The van der Waals surface area contributed by atoms with Gasteiger partial charge in [-0.15, -0.1) is 0 Å². The molecular weight excluding hydrogens is 530 g/mol. The minimum atomic E-state index is -0.407. The van der Waals surface area contributed by atoms with Crippen molar-refractivity contribution in [2.45, 2.75) is 31.8 Å². The van der Waals surface area contributed by atoms with Crippen molar-refractivity contribution in [1.82, 2.24) is 19.7 Å². The Morgan fingerprint density at radius 3 is 2.44 bits per heavy atom. The Morgan fingerprint density at radius 2 is 1.66 bits per heavy atom. The van der Waals surface area contributed by atoms with E-state index in [1.54, 1.807) is 0 Å². The first kappa shape index (κ1) is 28.0. The molecule has 2 saturated heterocycles. The summed E-state index contributed by atoms with van der Waals surface area (Å²) in [6.45, 7) is 7.10. The molecule has 7 heteroatoms. The second kappa shape index (κ2) is 12.8. The molecule has 0 radical (unpaired) electrons. The van der Waals surface area contributed by atoms with Gasteiger partial charge in [0.15, 0.2) is 0 Å². The Morgan fingerprint density at radius 1 is 0.878 bits per heavy atom. The van der Waals surface area contributed by atoms with E-state index < -0.39 is 6.04 Å². The molecule has 2 fully saturated rings. The van der Waals surface area contributed by atoms with E-state index in [2.05, 4.69) is 75.4 Å². The summed E-state index contributed by atoms with van der Waals surface area (Å²) < 4.78 is 0. The number of nitrogens with two attached hydrogens (primary N) is 1. The van der Waals surface area contributed by atoms with E-state index in [0.29, 0.717) is 0 Å². The highest BCUT2D eigenvalue weighted by Gasteiger charge is 2.32. The summed E-state index contributed by atoms with van der Waals surface area (Å²) in [6.07, 6.45) is 4.88. The molecule has 0 unspecified atom stereocenters. The Kier molecular flexibility index (Phi) is 8.73. The zero-order chi connectivity index (χ0) is 28.2. The molecule has 0 saturated carbocycles. The first-order valence-electron chi connectivity index (χ1n) is 14.9. The summed E-state index contributed by atoms with van der Waals surface area (Å²) in [7, 11) is 0. The summed E-state index contributed by atoms with van der Waals surface area (Å²) in [5.41, 5.74) is 12.9. The van der Waals surface area contributed by atoms with E-state index >= 15 is 0 Å². The lowest BCUT2D eigenvalue weighted by Crippen LogP contribution is -2.55. The fourth-order valence-electron chi connectivity index (χ4n) is 6.55. The van der Waals surface area contributed by atoms with Crippen LogP contribution in [-0.2, 0) is 17.8 Å². The topological polar surface area (TPSA) is 68.6 Å². The van der Waals surface area contributed by atoms with Crippen molar-refractivity contribution in [2.75, 3.05) is 45.8 Å². The lowest BCUT2D eigenvalue weighted by atomic mass is 9.88. The van der Waals surface area contributed by atoms with Gasteiger partial charge in [0.05, 0.1) is 6.04 Å². The molecule has 0 bridgehead atoms. The Bertz CT molecular complexity index is 1450. The maximum Gasteiger partial charge on any atom is 0.239 e. The van der Waals surface area contributed by atoms with Gasteiger partial charge in [0.1, 0.15) is 0 Å². The number of piperidine rings is 1. The molecule has 0 aliphatic carbocycles. The molecule has 214 valence electrons. The lowest BCUT2D eigenvalue weighted by molar-refractivity contribution is -0.136. The average Bonchev–Trinajstić information content (AvgIpc) is 3.51. The van der Waals surface area contributed by atoms with Gasteiger partial charge >= 0.3 is 0 Å². The van der Waals surface area contributed by atoms with Gasteiger partial charge in [-0.3, -0.25) is 9.69 Å². The van der Waals surface area contributed by atoms with E-state index in [1.807, 2.05) is 23.2 Å². The van der Waals surface area contributed by atoms with Crippen molar-refractivity contribution >= 4 is 28.4 Å². The number of hydrogen-bond acceptors (Lipinski definition) is 4. The van der Waals surface area contributed by atoms with E-state index in [0.717, 1.165) is 76.6 Å². The fraction of sp³-hybridized carbons (Fsp3) is 0.382. The van der Waals surface area contributed by atoms with Gasteiger partial charge in [0, 0.05) is 61.4 Å². The molecule has 3 N–H and O–H groups in total. The Hall–Kier alpha value is -3.16. The van der Waals surface area contributed by atoms with Gasteiger partial charge < -0.3 is 20.5 Å². The monoisotopic (exact) mass is 569 g/mol. The second-order valence-corrected chi connectivity index (χ2v) is 12.0. The number of hydrogen-bond donors (Lipinski definition) is 2. The number of piperazine rings is 1. The standard InChI is InChI=1S/C34H40ClN5O/c35-29-9-10-30(25-5-2-1-3-6-25)27(23-29)14-18-38-16-12-26(13-17-38)33(36)34(41)40-21-19-39(20-22-40)24-28-7-4-8-32-31(28)11-15-37-32/h1-11,15,23,26,33,37H,12-14,16-22,24,36H2/t33-/m1/s1. The molecule has 3 heterocycles. The minimum Gasteiger partial charge on any atom is -0.361 e. The number of aromatic amines is 1. The van der Waals surface area contributed by atoms with Crippen LogP contribution in [0, 0.1) is 5.92 Å². The predicted molar refractivity (Wildman–Crippen MR) is 168 cm³/mol. The van der Waals surface area contributed by atoms with Crippen LogP contribution >= 0.6 is 11.6 Å². The van der Waals surface area contributed by atoms with Crippen LogP contribution in [0.2, 0.25) is 5.02 Å². The average molecular weight is 570 g/mol. The molecule has 41 heavy (non-hydrogen) atoms. The van der Waals surface area contributed by atoms with Crippen molar-refractivity contribution in [3.8, 4) is 11.1 Å². The molecular formula is C34H40ClN5O. The lowest BCUT2D eigenvalue weighted by Gasteiger charge is -2.39. The molecule has 1 atom stereocenters. The highest BCUT2D eigenvalue weighted by molar-refractivity contribution is 6.30. The highest BCUT2D eigenvalue weighted by atomic mass is 35.5. The number of nitrogens with zero attached hydrogens (tertiary/aromatic N) is 3. The number of likely N-dealkylation sites (tertiary alicyclic amines) is 1. The number of fused-ring (bicyclic) bond motifs is 1. The van der Waals surface area contributed by atoms with Gasteiger partial charge in [0.25, 0.3) is 0 Å². The Balaban J connectivity index is 0.968. The number of amides is 1. The zero-order valence-electron chi connectivity index (χ0n) is 23.6. The molecule has 1 amide bonds. The maximum atomic E-state index is 13.4. The SMILES string of the molecule is N[C@@H](C(=O)N1CCN(Cc2cccc3[nH]ccc23)CC1)C1CCN(CCc2cc(Cl)ccc2-c2ccccc2)CC1. The maximum absolute atomic E-state index is 13.4. The van der Waals surface area contributed by atoms with Gasteiger partial charge in [-0.2, -0.15) is 0 Å². The summed E-state index contributed by atoms with van der Waals surface area (Å²) >= 11 is 6.37. The van der Waals surface area contributed by atoms with E-state index in [-0.39, 0.29) is 11.8 Å². The first-order chi connectivity index (χ1) is 20.0. The predicted octanol–water partition coefficient (Wildman–Crippen LogP) is 5.41. The zero-order valence-corrected chi connectivity index (χ0v) is 24.4. The van der Waals surface area contributed by atoms with E-state index in [9.17, 15) is 4.79 Å². The van der Waals surface area contributed by atoms with Crippen LogP contribution in [0.4, 0.5) is 0 Å². The normalized spacial score (nSPS) is 18.1. The number of carbonyl (C=O) groups excluding carboxylic acids is 1. The molecule has 2 aliphatic heterocycles. The van der Waals surface area contributed by atoms with Gasteiger partial charge in [-0.05, 0) is 84.8 Å². The van der Waals surface area contributed by atoms with Crippen molar-refractivity contribution in [2.24, 2.45) is 11.7 Å². The van der Waals surface area contributed by atoms with Crippen LogP contribution in [0.5, 0.6) is 0 Å². The Labute approximate surface area is 248 Å². The van der Waals surface area contributed by atoms with Crippen LogP contribution in [0.15, 0.2) is 79.0 Å². The number of aromatic nitrogens is 1. The van der Waals surface area contributed by atoms with Gasteiger partial charge in [0.2, 0.25) is 5.91 Å². The molecule has 4 aromatic rings. The van der Waals surface area contributed by atoms with Crippen LogP contribution in [0.3, 0.4) is 0 Å². The summed E-state index contributed by atoms with van der Waals surface area (Å²) in [5, 5.41) is 2.06. The van der Waals surface area contributed by atoms with Crippen LogP contribution < -0.4 is 5.73 Å². The van der Waals surface area contributed by atoms with Crippen LogP contribution in [0.1, 0.15) is 24.0 Å². The first-order valence-corrected chi connectivity index (χ1v) is 15.3. The number of halogens is 1. The molecule has 3 aromatic carbocycles. The second-order valence-electron chi connectivity index (χ2n) is 11.6. The molecule has 2 aliphatic rings. The third-order valence-electron chi connectivity index (χ3n) is 9.04. The van der Waals surface area contributed by atoms with Crippen molar-refractivity contribution in [1.29, 1.82) is 0 Å². The smallest absolute Gasteiger partial charge is 0.239 e. The van der Waals surface area contributed by atoms with Crippen LogP contribution in [-0.4, -0.2) is 77.4 Å². The number of carbonyl (C=O) groups is 1. The van der Waals surface area contributed by atoms with E-state index in [4.69, 9.17) is 17.3 Å². The van der Waals surface area contributed by atoms with E-state index in [1.165, 1.54) is 33.2 Å². The van der Waals surface area contributed by atoms with Gasteiger partial charge in [-0.25, -0.2) is 0 Å². The molecule has 1 aromatic heterocycles. The van der Waals surface area contributed by atoms with Gasteiger partial charge in [-0.1, -0.05) is 60.1 Å². The number of nitrogens with one attached hydrogen (secondary N) is 1. The number of benzene rings is 3. The third-order valence-corrected chi connectivity index (χ3v) is 9.27. The summed E-state index contributed by atoms with van der Waals surface area (Å²) in [4.78, 5) is 23.6. The van der Waals surface area contributed by atoms with Crippen molar-refractivity contribution in [3.05, 3.63) is 95.1 Å². The minimum absolute atomic E-state index is 0.127. The third kappa shape index (κ3) is 6.52. The molecule has 6 rings (SSSR count). The molecule has 6 nitrogen and oxygen atoms in total. The summed E-state index contributed by atoms with van der Waals surface area (Å²) in [5.74, 6) is 0.372. The number of H-pyrrole nitrogens is 1. The highest BCUT2D eigenvalue weighted by Crippen LogP contribution is 2.28. The summed E-state index contributed by atoms with van der Waals surface area (Å²) in [6, 6.07) is 24.9. The number of rotatable bonds is 8. The fourth-order valence-corrected chi connectivity index (χ4v) is 6.75. The quantitative estimate of drug-likeness (QED) is 0.297. The largest absolute Gasteiger partial charge is 0.361 e. The van der Waals surface area contributed by atoms with Crippen LogP contribution in [0.25, 0.3) is 22.0 Å². The molecule has 0 spiro atoms. The van der Waals surface area contributed by atoms with Crippen molar-refractivity contribution < 1.29 is 4.79 Å². The van der Waals surface area contributed by atoms with Crippen molar-refractivity contribution in [3.63, 3.8) is 0 Å².